The molecule has 74 valence electrons. The van der Waals surface area contributed by atoms with Crippen molar-refractivity contribution in [1.29, 1.82) is 0 Å². The van der Waals surface area contributed by atoms with E-state index in [1.165, 1.54) is 0 Å². The third kappa shape index (κ3) is 1.72. The van der Waals surface area contributed by atoms with E-state index in [2.05, 4.69) is 37.8 Å². The van der Waals surface area contributed by atoms with Gasteiger partial charge in [0.1, 0.15) is 5.52 Å². The summed E-state index contributed by atoms with van der Waals surface area (Å²) in [7, 11) is 0. The van der Waals surface area contributed by atoms with E-state index in [4.69, 9.17) is 4.74 Å². The summed E-state index contributed by atoms with van der Waals surface area (Å²) in [6.45, 7) is 2.72. The number of fused-ring (bicyclic) bond motifs is 1. The smallest absolute Gasteiger partial charge is 0.177 e. The number of aromatic nitrogens is 2. The summed E-state index contributed by atoms with van der Waals surface area (Å²) in [5.41, 5.74) is 1.37. The third-order valence-corrected chi connectivity index (χ3v) is 2.21. The fourth-order valence-corrected chi connectivity index (χ4v) is 1.57. The molecule has 0 atom stereocenters. The van der Waals surface area contributed by atoms with Crippen LogP contribution in [0.25, 0.3) is 11.0 Å². The van der Waals surface area contributed by atoms with Crippen molar-refractivity contribution in [2.75, 3.05) is 6.61 Å². The van der Waals surface area contributed by atoms with Gasteiger partial charge in [0.2, 0.25) is 0 Å². The molecule has 0 unspecified atom stereocenters. The standard InChI is InChI=1S/C9H9BrN2O2/c1-2-3-13-8-5-6(10)4-7-9(8)12-14-11-7/h4-5H,2-3H2,1H3. The summed E-state index contributed by atoms with van der Waals surface area (Å²) < 4.78 is 11.1. The van der Waals surface area contributed by atoms with Crippen LogP contribution >= 0.6 is 15.9 Å². The van der Waals surface area contributed by atoms with Crippen LogP contribution in [0.15, 0.2) is 21.2 Å². The summed E-state index contributed by atoms with van der Waals surface area (Å²) in [6, 6.07) is 3.70. The normalized spacial score (nSPS) is 10.7. The van der Waals surface area contributed by atoms with Gasteiger partial charge in [-0.15, -0.1) is 0 Å². The molecule has 0 aliphatic heterocycles. The van der Waals surface area contributed by atoms with E-state index in [9.17, 15) is 0 Å². The topological polar surface area (TPSA) is 48.2 Å². The van der Waals surface area contributed by atoms with Gasteiger partial charge in [0, 0.05) is 4.47 Å². The first kappa shape index (κ1) is 9.45. The van der Waals surface area contributed by atoms with Gasteiger partial charge in [-0.05, 0) is 28.9 Å². The van der Waals surface area contributed by atoms with Gasteiger partial charge >= 0.3 is 0 Å². The highest BCUT2D eigenvalue weighted by Gasteiger charge is 2.09. The van der Waals surface area contributed by atoms with Gasteiger partial charge in [0.05, 0.1) is 6.61 Å². The molecule has 2 aromatic rings. The van der Waals surface area contributed by atoms with Crippen LogP contribution in [-0.2, 0) is 0 Å². The van der Waals surface area contributed by atoms with Crippen molar-refractivity contribution in [2.24, 2.45) is 0 Å². The molecule has 0 N–H and O–H groups in total. The Labute approximate surface area is 89.3 Å². The highest BCUT2D eigenvalue weighted by molar-refractivity contribution is 9.10. The van der Waals surface area contributed by atoms with Gasteiger partial charge < -0.3 is 4.74 Å². The summed E-state index contributed by atoms with van der Waals surface area (Å²) >= 11 is 3.37. The average Bonchev–Trinajstić information content (AvgIpc) is 2.61. The monoisotopic (exact) mass is 256 g/mol. The number of ether oxygens (including phenoxy) is 1. The Morgan fingerprint density at radius 1 is 1.43 bits per heavy atom. The molecule has 0 saturated carbocycles. The van der Waals surface area contributed by atoms with E-state index < -0.39 is 0 Å². The van der Waals surface area contributed by atoms with Crippen molar-refractivity contribution in [1.82, 2.24) is 10.3 Å². The first-order valence-electron chi connectivity index (χ1n) is 4.36. The minimum absolute atomic E-state index is 0.665. The second-order valence-electron chi connectivity index (χ2n) is 2.88. The minimum atomic E-state index is 0.665. The quantitative estimate of drug-likeness (QED) is 0.848. The SMILES string of the molecule is CCCOc1cc(Br)cc2nonc12. The Morgan fingerprint density at radius 3 is 3.07 bits per heavy atom. The first-order valence-corrected chi connectivity index (χ1v) is 5.15. The maximum atomic E-state index is 5.52. The summed E-state index contributed by atoms with van der Waals surface area (Å²) in [4.78, 5) is 0. The molecule has 14 heavy (non-hydrogen) atoms. The lowest BCUT2D eigenvalue weighted by Crippen LogP contribution is -1.95. The largest absolute Gasteiger partial charge is 0.491 e. The van der Waals surface area contributed by atoms with Crippen LogP contribution in [0.5, 0.6) is 5.75 Å². The van der Waals surface area contributed by atoms with Gasteiger partial charge in [-0.25, -0.2) is 4.63 Å². The van der Waals surface area contributed by atoms with E-state index in [1.54, 1.807) is 0 Å². The molecule has 0 bridgehead atoms. The third-order valence-electron chi connectivity index (χ3n) is 1.75. The highest BCUT2D eigenvalue weighted by Crippen LogP contribution is 2.27. The van der Waals surface area contributed by atoms with Crippen molar-refractivity contribution in [2.45, 2.75) is 13.3 Å². The van der Waals surface area contributed by atoms with E-state index in [0.29, 0.717) is 23.4 Å². The van der Waals surface area contributed by atoms with E-state index >= 15 is 0 Å². The minimum Gasteiger partial charge on any atom is -0.491 e. The molecule has 2 rings (SSSR count). The lowest BCUT2D eigenvalue weighted by Gasteiger charge is -2.03. The molecule has 5 heteroatoms. The van der Waals surface area contributed by atoms with Gasteiger partial charge in [-0.1, -0.05) is 22.9 Å². The Kier molecular flexibility index (Phi) is 2.67. The van der Waals surface area contributed by atoms with Crippen molar-refractivity contribution >= 4 is 27.0 Å². The molecular formula is C9H9BrN2O2. The Morgan fingerprint density at radius 2 is 2.29 bits per heavy atom. The van der Waals surface area contributed by atoms with Crippen LogP contribution in [0, 0.1) is 0 Å². The van der Waals surface area contributed by atoms with Crippen LogP contribution in [-0.4, -0.2) is 16.9 Å². The van der Waals surface area contributed by atoms with Crippen LogP contribution in [0.3, 0.4) is 0 Å². The van der Waals surface area contributed by atoms with Gasteiger partial charge in [-0.2, -0.15) is 0 Å². The van der Waals surface area contributed by atoms with Crippen LogP contribution in [0.2, 0.25) is 0 Å². The fraction of sp³-hybridized carbons (Fsp3) is 0.333. The zero-order valence-corrected chi connectivity index (χ0v) is 9.24. The molecule has 1 heterocycles. The van der Waals surface area contributed by atoms with Gasteiger partial charge in [0.25, 0.3) is 0 Å². The summed E-state index contributed by atoms with van der Waals surface area (Å²) in [5.74, 6) is 0.706. The number of rotatable bonds is 3. The summed E-state index contributed by atoms with van der Waals surface area (Å²) in [5, 5.41) is 7.53. The van der Waals surface area contributed by atoms with Crippen molar-refractivity contribution in [3.05, 3.63) is 16.6 Å². The van der Waals surface area contributed by atoms with Crippen LogP contribution in [0.4, 0.5) is 0 Å². The van der Waals surface area contributed by atoms with Crippen LogP contribution in [0.1, 0.15) is 13.3 Å². The maximum Gasteiger partial charge on any atom is 0.177 e. The molecule has 0 radical (unpaired) electrons. The molecule has 1 aromatic heterocycles. The number of halogens is 1. The molecule has 0 spiro atoms. The lowest BCUT2D eigenvalue weighted by molar-refractivity contribution is 0.305. The Hall–Kier alpha value is -1.10. The summed E-state index contributed by atoms with van der Waals surface area (Å²) in [6.07, 6.45) is 0.958. The molecular weight excluding hydrogens is 248 g/mol. The molecule has 4 nitrogen and oxygen atoms in total. The number of nitrogens with zero attached hydrogens (tertiary/aromatic N) is 2. The van der Waals surface area contributed by atoms with Crippen LogP contribution < -0.4 is 4.74 Å². The molecule has 0 fully saturated rings. The predicted octanol–water partition coefficient (Wildman–Crippen LogP) is 2.77. The fourth-order valence-electron chi connectivity index (χ4n) is 1.15. The number of benzene rings is 1. The Balaban J connectivity index is 2.44. The number of hydrogen-bond donors (Lipinski definition) is 0. The molecule has 0 aliphatic rings. The van der Waals surface area contributed by atoms with E-state index in [0.717, 1.165) is 10.9 Å². The zero-order chi connectivity index (χ0) is 9.97. The predicted molar refractivity (Wildman–Crippen MR) is 55.3 cm³/mol. The molecule has 0 aliphatic carbocycles. The van der Waals surface area contributed by atoms with E-state index in [1.807, 2.05) is 12.1 Å². The first-order chi connectivity index (χ1) is 6.81. The highest BCUT2D eigenvalue weighted by atomic mass is 79.9. The van der Waals surface area contributed by atoms with Crippen molar-refractivity contribution in [3.8, 4) is 5.75 Å². The van der Waals surface area contributed by atoms with Gasteiger partial charge in [0.15, 0.2) is 11.3 Å². The number of hydrogen-bond acceptors (Lipinski definition) is 4. The maximum absolute atomic E-state index is 5.52. The Bertz CT molecular complexity index is 441. The second kappa shape index (κ2) is 3.96. The lowest BCUT2D eigenvalue weighted by atomic mass is 10.3. The van der Waals surface area contributed by atoms with Crippen molar-refractivity contribution in [3.63, 3.8) is 0 Å². The van der Waals surface area contributed by atoms with Gasteiger partial charge in [-0.3, -0.25) is 0 Å². The van der Waals surface area contributed by atoms with E-state index in [-0.39, 0.29) is 0 Å². The second-order valence-corrected chi connectivity index (χ2v) is 3.80. The van der Waals surface area contributed by atoms with Crippen molar-refractivity contribution < 1.29 is 9.37 Å². The molecule has 1 aromatic carbocycles. The molecule has 0 amide bonds. The average molecular weight is 257 g/mol. The zero-order valence-electron chi connectivity index (χ0n) is 7.66. The molecule has 0 saturated heterocycles.